The van der Waals surface area contributed by atoms with E-state index < -0.39 is 0 Å². The Labute approximate surface area is 165 Å². The first-order chi connectivity index (χ1) is 12.8. The van der Waals surface area contributed by atoms with Gasteiger partial charge in [0.15, 0.2) is 0 Å². The summed E-state index contributed by atoms with van der Waals surface area (Å²) < 4.78 is 7.52. The van der Waals surface area contributed by atoms with Crippen molar-refractivity contribution >= 4 is 17.5 Å². The van der Waals surface area contributed by atoms with Gasteiger partial charge in [0.05, 0.1) is 16.8 Å². The van der Waals surface area contributed by atoms with E-state index in [2.05, 4.69) is 36.2 Å². The number of amides is 1. The van der Waals surface area contributed by atoms with E-state index in [0.29, 0.717) is 23.9 Å². The maximum atomic E-state index is 12.7. The minimum absolute atomic E-state index is 0.0443. The Kier molecular flexibility index (Phi) is 5.86. The highest BCUT2D eigenvalue weighted by molar-refractivity contribution is 6.32. The lowest BCUT2D eigenvalue weighted by atomic mass is 9.83. The smallest absolute Gasteiger partial charge is 0.291 e. The predicted octanol–water partition coefficient (Wildman–Crippen LogP) is 3.81. The van der Waals surface area contributed by atoms with Crippen LogP contribution in [0.1, 0.15) is 57.0 Å². The molecule has 2 atom stereocenters. The molecule has 2 unspecified atom stereocenters. The molecule has 2 aromatic rings. The Balaban J connectivity index is 1.77. The highest BCUT2D eigenvalue weighted by atomic mass is 35.5. The van der Waals surface area contributed by atoms with Crippen LogP contribution in [-0.2, 0) is 11.2 Å². The molecule has 1 saturated heterocycles. The van der Waals surface area contributed by atoms with Crippen molar-refractivity contribution in [2.45, 2.75) is 59.1 Å². The van der Waals surface area contributed by atoms with Gasteiger partial charge in [-0.2, -0.15) is 0 Å². The van der Waals surface area contributed by atoms with Gasteiger partial charge in [-0.05, 0) is 30.4 Å². The molecule has 1 amide bonds. The van der Waals surface area contributed by atoms with E-state index in [4.69, 9.17) is 16.3 Å². The Hall–Kier alpha value is -1.92. The van der Waals surface area contributed by atoms with Crippen LogP contribution in [0.25, 0.3) is 5.69 Å². The minimum atomic E-state index is -0.255. The lowest BCUT2D eigenvalue weighted by Crippen LogP contribution is -2.46. The average molecular weight is 391 g/mol. The summed E-state index contributed by atoms with van der Waals surface area (Å²) in [5, 5.41) is 8.07. The number of nitrogens with zero attached hydrogens (tertiary/aromatic N) is 3. The van der Waals surface area contributed by atoms with Crippen molar-refractivity contribution in [2.75, 3.05) is 6.61 Å². The third kappa shape index (κ3) is 4.50. The molecule has 0 saturated carbocycles. The number of hydrogen-bond donors (Lipinski definition) is 1. The molecule has 0 spiro atoms. The number of ether oxygens (including phenoxy) is 1. The fraction of sp³-hybridized carbons (Fsp3) is 0.550. The molecule has 1 fully saturated rings. The molecule has 0 bridgehead atoms. The number of benzene rings is 1. The number of para-hydroxylation sites is 1. The molecular weight excluding hydrogens is 364 g/mol. The first kappa shape index (κ1) is 19.8. The summed E-state index contributed by atoms with van der Waals surface area (Å²) >= 11 is 6.29. The van der Waals surface area contributed by atoms with Crippen molar-refractivity contribution in [3.63, 3.8) is 0 Å². The highest BCUT2D eigenvalue weighted by Crippen LogP contribution is 2.29. The summed E-state index contributed by atoms with van der Waals surface area (Å²) in [7, 11) is 0. The van der Waals surface area contributed by atoms with Crippen LogP contribution in [0.15, 0.2) is 24.3 Å². The Morgan fingerprint density at radius 3 is 2.78 bits per heavy atom. The van der Waals surface area contributed by atoms with Crippen molar-refractivity contribution in [1.82, 2.24) is 20.1 Å². The van der Waals surface area contributed by atoms with E-state index in [-0.39, 0.29) is 29.3 Å². The van der Waals surface area contributed by atoms with Gasteiger partial charge in [-0.15, -0.1) is 5.10 Å². The van der Waals surface area contributed by atoms with Crippen LogP contribution in [0.3, 0.4) is 0 Å². The monoisotopic (exact) mass is 390 g/mol. The van der Waals surface area contributed by atoms with Gasteiger partial charge in [-0.3, -0.25) is 4.79 Å². The fourth-order valence-corrected chi connectivity index (χ4v) is 3.48. The van der Waals surface area contributed by atoms with Gasteiger partial charge in [0.2, 0.25) is 5.82 Å². The van der Waals surface area contributed by atoms with Crippen LogP contribution < -0.4 is 5.32 Å². The second kappa shape index (κ2) is 7.98. The molecule has 27 heavy (non-hydrogen) atoms. The van der Waals surface area contributed by atoms with Gasteiger partial charge < -0.3 is 10.1 Å². The SMILES string of the molecule is CCc1nc(C(=O)NC2CCOC(C(C)(C)C)C2)nn1-c1ccccc1Cl. The molecule has 6 nitrogen and oxygen atoms in total. The van der Waals surface area contributed by atoms with Crippen molar-refractivity contribution in [3.05, 3.63) is 40.9 Å². The first-order valence-corrected chi connectivity index (χ1v) is 9.80. The van der Waals surface area contributed by atoms with E-state index in [1.54, 1.807) is 10.7 Å². The van der Waals surface area contributed by atoms with Gasteiger partial charge in [-0.1, -0.05) is 51.4 Å². The third-order valence-electron chi connectivity index (χ3n) is 4.86. The Morgan fingerprint density at radius 2 is 2.11 bits per heavy atom. The van der Waals surface area contributed by atoms with Crippen LogP contribution in [-0.4, -0.2) is 39.4 Å². The van der Waals surface area contributed by atoms with Crippen LogP contribution in [0, 0.1) is 5.41 Å². The largest absolute Gasteiger partial charge is 0.378 e. The van der Waals surface area contributed by atoms with Crippen LogP contribution in [0.2, 0.25) is 5.02 Å². The number of rotatable bonds is 4. The Bertz CT molecular complexity index is 813. The molecule has 1 aromatic carbocycles. The molecule has 0 radical (unpaired) electrons. The second-order valence-corrected chi connectivity index (χ2v) is 8.40. The summed E-state index contributed by atoms with van der Waals surface area (Å²) in [6.45, 7) is 9.09. The number of halogens is 1. The van der Waals surface area contributed by atoms with Gasteiger partial charge >= 0.3 is 0 Å². The van der Waals surface area contributed by atoms with Crippen LogP contribution >= 0.6 is 11.6 Å². The topological polar surface area (TPSA) is 69.0 Å². The lowest BCUT2D eigenvalue weighted by molar-refractivity contribution is -0.0570. The normalized spacial score (nSPS) is 20.5. The lowest BCUT2D eigenvalue weighted by Gasteiger charge is -2.37. The number of aromatic nitrogens is 3. The van der Waals surface area contributed by atoms with E-state index in [1.807, 2.05) is 25.1 Å². The van der Waals surface area contributed by atoms with E-state index in [9.17, 15) is 4.79 Å². The predicted molar refractivity (Wildman–Crippen MR) is 105 cm³/mol. The molecule has 0 aliphatic carbocycles. The molecule has 3 rings (SSSR count). The zero-order valence-corrected chi connectivity index (χ0v) is 17.1. The van der Waals surface area contributed by atoms with E-state index in [0.717, 1.165) is 18.5 Å². The van der Waals surface area contributed by atoms with Crippen molar-refractivity contribution < 1.29 is 9.53 Å². The average Bonchev–Trinajstić information content (AvgIpc) is 3.06. The van der Waals surface area contributed by atoms with Gasteiger partial charge in [0.1, 0.15) is 5.82 Å². The minimum Gasteiger partial charge on any atom is -0.378 e. The number of carbonyl (C=O) groups excluding carboxylic acids is 1. The number of aryl methyl sites for hydroxylation is 1. The van der Waals surface area contributed by atoms with Gasteiger partial charge in [-0.25, -0.2) is 9.67 Å². The zero-order chi connectivity index (χ0) is 19.6. The molecule has 1 aliphatic heterocycles. The molecular formula is C20H27ClN4O2. The Morgan fingerprint density at radius 1 is 1.37 bits per heavy atom. The summed E-state index contributed by atoms with van der Waals surface area (Å²) in [6.07, 6.45) is 2.36. The molecule has 7 heteroatoms. The molecule has 1 aromatic heterocycles. The number of hydrogen-bond acceptors (Lipinski definition) is 4. The van der Waals surface area contributed by atoms with E-state index >= 15 is 0 Å². The van der Waals surface area contributed by atoms with Gasteiger partial charge in [0, 0.05) is 19.1 Å². The zero-order valence-electron chi connectivity index (χ0n) is 16.3. The maximum absolute atomic E-state index is 12.7. The summed E-state index contributed by atoms with van der Waals surface area (Å²) in [4.78, 5) is 17.2. The number of nitrogens with one attached hydrogen (secondary N) is 1. The molecule has 1 aliphatic rings. The van der Waals surface area contributed by atoms with E-state index in [1.165, 1.54) is 0 Å². The van der Waals surface area contributed by atoms with Crippen molar-refractivity contribution in [2.24, 2.45) is 5.41 Å². The summed E-state index contributed by atoms with van der Waals surface area (Å²) in [5.41, 5.74) is 0.768. The second-order valence-electron chi connectivity index (χ2n) is 7.99. The quantitative estimate of drug-likeness (QED) is 0.861. The number of carbonyl (C=O) groups is 1. The molecule has 1 N–H and O–H groups in total. The third-order valence-corrected chi connectivity index (χ3v) is 5.18. The fourth-order valence-electron chi connectivity index (χ4n) is 3.27. The standard InChI is InChI=1S/C20H27ClN4O2/c1-5-17-23-18(24-25(17)15-9-7-6-8-14(15)21)19(26)22-13-10-11-27-16(12-13)20(2,3)4/h6-9,13,16H,5,10-12H2,1-4H3,(H,22,26). The highest BCUT2D eigenvalue weighted by Gasteiger charge is 2.33. The van der Waals surface area contributed by atoms with Crippen molar-refractivity contribution in [3.8, 4) is 5.69 Å². The molecule has 2 heterocycles. The first-order valence-electron chi connectivity index (χ1n) is 9.43. The maximum Gasteiger partial charge on any atom is 0.291 e. The summed E-state index contributed by atoms with van der Waals surface area (Å²) in [5.74, 6) is 0.619. The summed E-state index contributed by atoms with van der Waals surface area (Å²) in [6, 6.07) is 7.47. The van der Waals surface area contributed by atoms with Gasteiger partial charge in [0.25, 0.3) is 5.91 Å². The van der Waals surface area contributed by atoms with Crippen LogP contribution in [0.5, 0.6) is 0 Å². The van der Waals surface area contributed by atoms with Crippen LogP contribution in [0.4, 0.5) is 0 Å². The van der Waals surface area contributed by atoms with Crippen molar-refractivity contribution in [1.29, 1.82) is 0 Å². The molecule has 146 valence electrons.